The van der Waals surface area contributed by atoms with Gasteiger partial charge in [-0.15, -0.1) is 0 Å². The lowest BCUT2D eigenvalue weighted by Crippen LogP contribution is -2.34. The van der Waals surface area contributed by atoms with Gasteiger partial charge in [0.1, 0.15) is 0 Å². The van der Waals surface area contributed by atoms with E-state index in [0.29, 0.717) is 0 Å². The average Bonchev–Trinajstić information content (AvgIpc) is 2.30. The van der Waals surface area contributed by atoms with E-state index >= 15 is 0 Å². The average molecular weight is 219 g/mol. The Bertz CT molecular complexity index is 353. The molecule has 16 heavy (non-hydrogen) atoms. The van der Waals surface area contributed by atoms with Crippen LogP contribution < -0.4 is 11.1 Å². The zero-order chi connectivity index (χ0) is 11.4. The molecule has 0 spiro atoms. The predicted octanol–water partition coefficient (Wildman–Crippen LogP) is 1.54. The molecule has 0 aliphatic heterocycles. The van der Waals surface area contributed by atoms with E-state index in [-0.39, 0.29) is 17.9 Å². The molecule has 86 valence electrons. The Morgan fingerprint density at radius 2 is 2.12 bits per heavy atom. The maximum atomic E-state index is 11.9. The first-order chi connectivity index (χ1) is 7.75. The van der Waals surface area contributed by atoms with Gasteiger partial charge >= 0.3 is 0 Å². The highest BCUT2D eigenvalue weighted by Gasteiger charge is 2.25. The fourth-order valence-corrected chi connectivity index (χ4v) is 2.15. The van der Waals surface area contributed by atoms with E-state index in [1.807, 2.05) is 0 Å². The van der Waals surface area contributed by atoms with Crippen molar-refractivity contribution >= 4 is 11.6 Å². The lowest BCUT2D eigenvalue weighted by molar-refractivity contribution is -0.120. The molecule has 2 atom stereocenters. The largest absolute Gasteiger partial charge is 0.328 e. The second kappa shape index (κ2) is 5.07. The van der Waals surface area contributed by atoms with E-state index in [4.69, 9.17) is 5.73 Å². The Hall–Kier alpha value is -1.42. The Kier molecular flexibility index (Phi) is 3.51. The minimum absolute atomic E-state index is 0.0666. The zero-order valence-corrected chi connectivity index (χ0v) is 9.23. The quantitative estimate of drug-likeness (QED) is 0.792. The summed E-state index contributed by atoms with van der Waals surface area (Å²) in [5, 5.41) is 2.90. The molecule has 1 amide bonds. The monoisotopic (exact) mass is 219 g/mol. The second-order valence-electron chi connectivity index (χ2n) is 4.35. The Labute approximate surface area is 95.3 Å². The fourth-order valence-electron chi connectivity index (χ4n) is 2.15. The molecule has 1 aliphatic carbocycles. The van der Waals surface area contributed by atoms with Crippen molar-refractivity contribution in [2.24, 2.45) is 11.7 Å². The number of nitrogens with one attached hydrogen (secondary N) is 1. The summed E-state index contributed by atoms with van der Waals surface area (Å²) in [6, 6.07) is 3.77. The van der Waals surface area contributed by atoms with Crippen LogP contribution in [0.15, 0.2) is 24.5 Å². The number of carbonyl (C=O) groups excluding carboxylic acids is 1. The molecular formula is C12H17N3O. The molecule has 1 aromatic rings. The zero-order valence-electron chi connectivity index (χ0n) is 9.23. The van der Waals surface area contributed by atoms with Gasteiger partial charge in [-0.05, 0) is 31.4 Å². The van der Waals surface area contributed by atoms with Gasteiger partial charge in [0.25, 0.3) is 0 Å². The number of hydrogen-bond donors (Lipinski definition) is 2. The number of pyridine rings is 1. The third-order valence-electron chi connectivity index (χ3n) is 3.03. The van der Waals surface area contributed by atoms with Crippen LogP contribution in [0.5, 0.6) is 0 Å². The third-order valence-corrected chi connectivity index (χ3v) is 3.03. The van der Waals surface area contributed by atoms with Crippen LogP contribution in [-0.4, -0.2) is 16.9 Å². The van der Waals surface area contributed by atoms with Crippen LogP contribution in [-0.2, 0) is 4.79 Å². The van der Waals surface area contributed by atoms with Crippen LogP contribution >= 0.6 is 0 Å². The van der Waals surface area contributed by atoms with Crippen LogP contribution in [0.3, 0.4) is 0 Å². The number of nitrogens with two attached hydrogens (primary N) is 1. The molecular weight excluding hydrogens is 202 g/mol. The number of carbonyl (C=O) groups is 1. The maximum Gasteiger partial charge on any atom is 0.227 e. The molecule has 1 fully saturated rings. The van der Waals surface area contributed by atoms with Gasteiger partial charge in [-0.3, -0.25) is 9.78 Å². The van der Waals surface area contributed by atoms with Gasteiger partial charge in [-0.25, -0.2) is 0 Å². The van der Waals surface area contributed by atoms with E-state index in [0.717, 1.165) is 31.4 Å². The highest BCUT2D eigenvalue weighted by molar-refractivity contribution is 5.92. The molecule has 1 saturated carbocycles. The summed E-state index contributed by atoms with van der Waals surface area (Å²) in [6.07, 6.45) is 7.18. The Morgan fingerprint density at radius 3 is 2.81 bits per heavy atom. The van der Waals surface area contributed by atoms with Gasteiger partial charge in [0, 0.05) is 30.0 Å². The SMILES string of the molecule is NC1CCCC(C(=O)Nc2ccncc2)C1. The normalized spacial score (nSPS) is 25.1. The van der Waals surface area contributed by atoms with Gasteiger partial charge in [0.05, 0.1) is 0 Å². The minimum Gasteiger partial charge on any atom is -0.328 e. The van der Waals surface area contributed by atoms with Gasteiger partial charge in [0.2, 0.25) is 5.91 Å². The van der Waals surface area contributed by atoms with E-state index in [1.54, 1.807) is 24.5 Å². The molecule has 4 heteroatoms. The van der Waals surface area contributed by atoms with E-state index in [9.17, 15) is 4.79 Å². The van der Waals surface area contributed by atoms with Crippen LogP contribution in [0, 0.1) is 5.92 Å². The fraction of sp³-hybridized carbons (Fsp3) is 0.500. The molecule has 0 aromatic carbocycles. The molecule has 3 N–H and O–H groups in total. The topological polar surface area (TPSA) is 68.0 Å². The summed E-state index contributed by atoms with van der Waals surface area (Å²) in [6.45, 7) is 0. The number of amides is 1. The first-order valence-electron chi connectivity index (χ1n) is 5.72. The van der Waals surface area contributed by atoms with Crippen LogP contribution in [0.2, 0.25) is 0 Å². The van der Waals surface area contributed by atoms with Gasteiger partial charge in [-0.1, -0.05) is 6.42 Å². The van der Waals surface area contributed by atoms with Crippen molar-refractivity contribution in [1.82, 2.24) is 4.98 Å². The summed E-state index contributed by atoms with van der Waals surface area (Å²) >= 11 is 0. The van der Waals surface area contributed by atoms with Crippen molar-refractivity contribution in [1.29, 1.82) is 0 Å². The summed E-state index contributed by atoms with van der Waals surface area (Å²) in [5.41, 5.74) is 6.67. The lowest BCUT2D eigenvalue weighted by atomic mass is 9.85. The summed E-state index contributed by atoms with van der Waals surface area (Å²) in [5.74, 6) is 0.151. The standard InChI is InChI=1S/C12H17N3O/c13-10-3-1-2-9(8-10)12(16)15-11-4-6-14-7-5-11/h4-7,9-10H,1-3,8,13H2,(H,14,15,16). The first kappa shape index (κ1) is 11.1. The molecule has 0 bridgehead atoms. The number of aromatic nitrogens is 1. The minimum atomic E-state index is 0.0666. The smallest absolute Gasteiger partial charge is 0.227 e. The van der Waals surface area contributed by atoms with Gasteiger partial charge in [0.15, 0.2) is 0 Å². The molecule has 2 rings (SSSR count). The third kappa shape index (κ3) is 2.79. The molecule has 2 unspecified atom stereocenters. The number of nitrogens with zero attached hydrogens (tertiary/aromatic N) is 1. The molecule has 4 nitrogen and oxygen atoms in total. The molecule has 1 aromatic heterocycles. The van der Waals surface area contributed by atoms with Crippen molar-refractivity contribution in [3.63, 3.8) is 0 Å². The molecule has 1 heterocycles. The summed E-state index contributed by atoms with van der Waals surface area (Å²) in [7, 11) is 0. The van der Waals surface area contributed by atoms with Crippen molar-refractivity contribution < 1.29 is 4.79 Å². The lowest BCUT2D eigenvalue weighted by Gasteiger charge is -2.25. The van der Waals surface area contributed by atoms with Crippen molar-refractivity contribution in [3.05, 3.63) is 24.5 Å². The Balaban J connectivity index is 1.93. The predicted molar refractivity (Wildman–Crippen MR) is 62.8 cm³/mol. The second-order valence-corrected chi connectivity index (χ2v) is 4.35. The first-order valence-corrected chi connectivity index (χ1v) is 5.72. The summed E-state index contributed by atoms with van der Waals surface area (Å²) in [4.78, 5) is 15.8. The molecule has 0 radical (unpaired) electrons. The van der Waals surface area contributed by atoms with Gasteiger partial charge in [-0.2, -0.15) is 0 Å². The Morgan fingerprint density at radius 1 is 1.38 bits per heavy atom. The van der Waals surface area contributed by atoms with Crippen molar-refractivity contribution in [3.8, 4) is 0 Å². The van der Waals surface area contributed by atoms with E-state index in [1.165, 1.54) is 0 Å². The number of hydrogen-bond acceptors (Lipinski definition) is 3. The van der Waals surface area contributed by atoms with Crippen molar-refractivity contribution in [2.45, 2.75) is 31.7 Å². The highest BCUT2D eigenvalue weighted by atomic mass is 16.1. The van der Waals surface area contributed by atoms with Gasteiger partial charge < -0.3 is 11.1 Å². The molecule has 0 saturated heterocycles. The van der Waals surface area contributed by atoms with Crippen molar-refractivity contribution in [2.75, 3.05) is 5.32 Å². The van der Waals surface area contributed by atoms with E-state index in [2.05, 4.69) is 10.3 Å². The summed E-state index contributed by atoms with van der Waals surface area (Å²) < 4.78 is 0. The molecule has 1 aliphatic rings. The number of anilines is 1. The maximum absolute atomic E-state index is 11.9. The van der Waals surface area contributed by atoms with Crippen LogP contribution in [0.25, 0.3) is 0 Å². The van der Waals surface area contributed by atoms with E-state index < -0.39 is 0 Å². The van der Waals surface area contributed by atoms with Crippen LogP contribution in [0.4, 0.5) is 5.69 Å². The number of rotatable bonds is 2. The van der Waals surface area contributed by atoms with Crippen LogP contribution in [0.1, 0.15) is 25.7 Å². The highest BCUT2D eigenvalue weighted by Crippen LogP contribution is 2.24.